The molecule has 11 nitrogen and oxygen atoms in total. The van der Waals surface area contributed by atoms with E-state index in [9.17, 15) is 29.8 Å². The fraction of sp³-hybridized carbons (Fsp3) is 0.833. The third-order valence-electron chi connectivity index (χ3n) is 2.34. The van der Waals surface area contributed by atoms with Gasteiger partial charge in [0.25, 0.3) is 10.2 Å². The molecule has 0 aromatic carbocycles. The predicted molar refractivity (Wildman–Crippen MR) is 74.1 cm³/mol. The summed E-state index contributed by atoms with van der Waals surface area (Å²) in [6.45, 7) is 4.40. The third kappa shape index (κ3) is 13.0. The van der Waals surface area contributed by atoms with Gasteiger partial charge in [-0.05, 0) is 33.6 Å². The second-order valence-corrected chi connectivity index (χ2v) is 5.66. The first-order valence-electron chi connectivity index (χ1n) is 6.81. The quantitative estimate of drug-likeness (QED) is 0.235. The van der Waals surface area contributed by atoms with Crippen molar-refractivity contribution < 1.29 is 34.2 Å². The first kappa shape index (κ1) is 20.5. The molecule has 0 saturated heterocycles. The maximum Gasteiger partial charge on any atom is 0.313 e. The van der Waals surface area contributed by atoms with E-state index in [0.717, 1.165) is 0 Å². The third-order valence-corrected chi connectivity index (χ3v) is 2.34. The molecule has 0 spiro atoms. The number of rotatable bonds is 11. The minimum absolute atomic E-state index is 0.00508. The summed E-state index contributed by atoms with van der Waals surface area (Å²) in [7, 11) is 0. The molecule has 11 heteroatoms. The largest absolute Gasteiger partial charge is 0.460 e. The van der Waals surface area contributed by atoms with Gasteiger partial charge in [0.15, 0.2) is 0 Å². The van der Waals surface area contributed by atoms with Crippen LogP contribution in [0.15, 0.2) is 0 Å². The SMILES string of the molecule is CC(C)(C)OC(=O)CC(=O)CCCC(CO[N+](=O)[O-])O[N+](=O)[O-]. The minimum atomic E-state index is -1.16. The molecule has 0 saturated carbocycles. The van der Waals surface area contributed by atoms with E-state index in [1.165, 1.54) is 0 Å². The molecule has 0 heterocycles. The van der Waals surface area contributed by atoms with E-state index in [4.69, 9.17) is 4.74 Å². The van der Waals surface area contributed by atoms with Crippen molar-refractivity contribution in [2.45, 2.75) is 58.2 Å². The van der Waals surface area contributed by atoms with Crippen molar-refractivity contribution in [3.63, 3.8) is 0 Å². The van der Waals surface area contributed by atoms with Crippen LogP contribution in [0.3, 0.4) is 0 Å². The lowest BCUT2D eigenvalue weighted by atomic mass is 10.1. The van der Waals surface area contributed by atoms with Gasteiger partial charge in [0, 0.05) is 6.42 Å². The number of Topliss-reactive ketones (excluding diaryl/α,β-unsaturated/α-hetero) is 1. The highest BCUT2D eigenvalue weighted by Gasteiger charge is 2.20. The number of hydrogen-bond donors (Lipinski definition) is 0. The molecule has 0 radical (unpaired) electrons. The van der Waals surface area contributed by atoms with Gasteiger partial charge in [-0.25, -0.2) is 0 Å². The Labute approximate surface area is 132 Å². The van der Waals surface area contributed by atoms with Crippen molar-refractivity contribution >= 4 is 11.8 Å². The van der Waals surface area contributed by atoms with Crippen LogP contribution in [0.4, 0.5) is 0 Å². The van der Waals surface area contributed by atoms with Gasteiger partial charge in [-0.3, -0.25) is 9.59 Å². The maximum atomic E-state index is 11.6. The normalized spacial score (nSPS) is 12.1. The molecule has 1 unspecified atom stereocenters. The summed E-state index contributed by atoms with van der Waals surface area (Å²) < 4.78 is 4.98. The summed E-state index contributed by atoms with van der Waals surface area (Å²) in [6.07, 6.45) is -1.45. The number of carbonyl (C=O) groups excluding carboxylic acids is 2. The van der Waals surface area contributed by atoms with Gasteiger partial charge in [-0.1, -0.05) is 0 Å². The average Bonchev–Trinajstić information content (AvgIpc) is 2.32. The number of ketones is 1. The summed E-state index contributed by atoms with van der Waals surface area (Å²) in [5.74, 6) is -1.05. The van der Waals surface area contributed by atoms with Crippen LogP contribution in [-0.4, -0.2) is 40.2 Å². The van der Waals surface area contributed by atoms with Crippen LogP contribution >= 0.6 is 0 Å². The van der Waals surface area contributed by atoms with Crippen molar-refractivity contribution in [3.8, 4) is 0 Å². The minimum Gasteiger partial charge on any atom is -0.460 e. The molecule has 0 bridgehead atoms. The van der Waals surface area contributed by atoms with Crippen LogP contribution in [0.1, 0.15) is 46.5 Å². The smallest absolute Gasteiger partial charge is 0.313 e. The lowest BCUT2D eigenvalue weighted by Crippen LogP contribution is -2.26. The highest BCUT2D eigenvalue weighted by molar-refractivity contribution is 5.95. The van der Waals surface area contributed by atoms with Crippen molar-refractivity contribution in [3.05, 3.63) is 20.2 Å². The van der Waals surface area contributed by atoms with Crippen molar-refractivity contribution in [1.82, 2.24) is 0 Å². The van der Waals surface area contributed by atoms with E-state index in [1.807, 2.05) is 0 Å². The van der Waals surface area contributed by atoms with E-state index in [0.29, 0.717) is 0 Å². The Morgan fingerprint density at radius 3 is 2.22 bits per heavy atom. The topological polar surface area (TPSA) is 148 Å². The van der Waals surface area contributed by atoms with Crippen molar-refractivity contribution in [2.24, 2.45) is 0 Å². The molecule has 0 aromatic heterocycles. The van der Waals surface area contributed by atoms with E-state index in [1.54, 1.807) is 20.8 Å². The predicted octanol–water partition coefficient (Wildman–Crippen LogP) is 1.24. The monoisotopic (exact) mass is 336 g/mol. The Morgan fingerprint density at radius 2 is 1.74 bits per heavy atom. The molecule has 0 amide bonds. The van der Waals surface area contributed by atoms with Crippen LogP contribution in [0.5, 0.6) is 0 Å². The van der Waals surface area contributed by atoms with Gasteiger partial charge >= 0.3 is 5.97 Å². The molecule has 1 atom stereocenters. The lowest BCUT2D eigenvalue weighted by Gasteiger charge is -2.19. The number of hydrogen-bond acceptors (Lipinski definition) is 9. The molecule has 0 N–H and O–H groups in total. The van der Waals surface area contributed by atoms with E-state index in [-0.39, 0.29) is 19.3 Å². The first-order chi connectivity index (χ1) is 10.5. The standard InChI is InChI=1S/C12H20N2O9/c1-12(2,3)22-11(16)7-9(15)5-4-6-10(23-14(19)20)8-21-13(17)18/h10H,4-8H2,1-3H3. The Balaban J connectivity index is 4.15. The van der Waals surface area contributed by atoms with E-state index in [2.05, 4.69) is 9.68 Å². The number of ether oxygens (including phenoxy) is 1. The van der Waals surface area contributed by atoms with Crippen LogP contribution in [0.25, 0.3) is 0 Å². The molecule has 132 valence electrons. The van der Waals surface area contributed by atoms with Crippen LogP contribution < -0.4 is 0 Å². The van der Waals surface area contributed by atoms with Gasteiger partial charge < -0.3 is 14.4 Å². The van der Waals surface area contributed by atoms with Crippen molar-refractivity contribution in [1.29, 1.82) is 0 Å². The zero-order valence-corrected chi connectivity index (χ0v) is 13.2. The Bertz CT molecular complexity index is 444. The summed E-state index contributed by atoms with van der Waals surface area (Å²) >= 11 is 0. The highest BCUT2D eigenvalue weighted by atomic mass is 17.0. The van der Waals surface area contributed by atoms with Gasteiger partial charge in [0.2, 0.25) is 0 Å². The molecule has 0 aliphatic rings. The lowest BCUT2D eigenvalue weighted by molar-refractivity contribution is -0.790. The van der Waals surface area contributed by atoms with Gasteiger partial charge in [0.1, 0.15) is 30.5 Å². The van der Waals surface area contributed by atoms with Gasteiger partial charge in [-0.15, -0.1) is 20.2 Å². The molecular weight excluding hydrogens is 316 g/mol. The maximum absolute atomic E-state index is 11.6. The molecule has 23 heavy (non-hydrogen) atoms. The van der Waals surface area contributed by atoms with E-state index < -0.39 is 46.7 Å². The molecular formula is C12H20N2O9. The summed E-state index contributed by atoms with van der Waals surface area (Å²) in [6, 6.07) is 0. The second kappa shape index (κ2) is 9.54. The zero-order valence-electron chi connectivity index (χ0n) is 13.2. The van der Waals surface area contributed by atoms with Crippen LogP contribution in [0, 0.1) is 20.2 Å². The molecule has 0 aliphatic carbocycles. The fourth-order valence-corrected chi connectivity index (χ4v) is 1.59. The van der Waals surface area contributed by atoms with Gasteiger partial charge in [0.05, 0.1) is 0 Å². The summed E-state index contributed by atoms with van der Waals surface area (Å²) in [5.41, 5.74) is -0.693. The second-order valence-electron chi connectivity index (χ2n) is 5.66. The Morgan fingerprint density at radius 1 is 1.13 bits per heavy atom. The summed E-state index contributed by atoms with van der Waals surface area (Å²) in [4.78, 5) is 51.6. The Hall–Kier alpha value is -2.46. The molecule has 0 aromatic rings. The zero-order chi connectivity index (χ0) is 18.0. The highest BCUT2D eigenvalue weighted by Crippen LogP contribution is 2.11. The van der Waals surface area contributed by atoms with Crippen LogP contribution in [-0.2, 0) is 24.0 Å². The van der Waals surface area contributed by atoms with Gasteiger partial charge in [-0.2, -0.15) is 0 Å². The van der Waals surface area contributed by atoms with Crippen LogP contribution in [0.2, 0.25) is 0 Å². The number of esters is 1. The number of nitrogens with zero attached hydrogens (tertiary/aromatic N) is 2. The Kier molecular flexibility index (Phi) is 8.52. The molecule has 0 fully saturated rings. The molecule has 0 rings (SSSR count). The van der Waals surface area contributed by atoms with E-state index >= 15 is 0 Å². The van der Waals surface area contributed by atoms with Crippen molar-refractivity contribution in [2.75, 3.05) is 6.61 Å². The molecule has 0 aliphatic heterocycles. The first-order valence-corrected chi connectivity index (χ1v) is 6.81. The summed E-state index contributed by atoms with van der Waals surface area (Å²) in [5, 5.41) is 18.1. The fourth-order valence-electron chi connectivity index (χ4n) is 1.59. The number of carbonyl (C=O) groups is 2. The average molecular weight is 336 g/mol.